The predicted molar refractivity (Wildman–Crippen MR) is 117 cm³/mol. The zero-order chi connectivity index (χ0) is 19.1. The Labute approximate surface area is 175 Å². The highest BCUT2D eigenvalue weighted by Crippen LogP contribution is 2.41. The van der Waals surface area contributed by atoms with Crippen LogP contribution in [0.15, 0.2) is 42.0 Å². The Hall–Kier alpha value is -1.85. The van der Waals surface area contributed by atoms with Gasteiger partial charge in [0.05, 0.1) is 21.1 Å². The molecule has 0 spiro atoms. The first-order chi connectivity index (χ1) is 12.9. The van der Waals surface area contributed by atoms with Crippen molar-refractivity contribution < 1.29 is 0 Å². The molecule has 0 saturated heterocycles. The second kappa shape index (κ2) is 7.28. The Morgan fingerprint density at radius 2 is 1.67 bits per heavy atom. The third kappa shape index (κ3) is 3.50. The minimum atomic E-state index is 0.433. The van der Waals surface area contributed by atoms with Gasteiger partial charge in [0.1, 0.15) is 17.0 Å². The minimum Gasteiger partial charge on any atom is -0.337 e. The van der Waals surface area contributed by atoms with Crippen LogP contribution in [0.2, 0.25) is 15.1 Å². The smallest absolute Gasteiger partial charge is 0.143 e. The van der Waals surface area contributed by atoms with Crippen LogP contribution >= 0.6 is 46.1 Å². The number of hydrogen-bond donors (Lipinski definition) is 1. The van der Waals surface area contributed by atoms with E-state index in [1.807, 2.05) is 0 Å². The van der Waals surface area contributed by atoms with Crippen molar-refractivity contribution in [2.75, 3.05) is 5.32 Å². The van der Waals surface area contributed by atoms with Gasteiger partial charge >= 0.3 is 0 Å². The van der Waals surface area contributed by atoms with Crippen LogP contribution in [0.25, 0.3) is 21.3 Å². The van der Waals surface area contributed by atoms with Crippen molar-refractivity contribution in [1.82, 2.24) is 9.97 Å². The molecule has 27 heavy (non-hydrogen) atoms. The molecule has 4 rings (SSSR count). The molecular formula is C20H14Cl3N3S. The number of anilines is 2. The van der Waals surface area contributed by atoms with Crippen LogP contribution in [-0.4, -0.2) is 9.97 Å². The van der Waals surface area contributed by atoms with E-state index in [1.165, 1.54) is 17.5 Å². The summed E-state index contributed by atoms with van der Waals surface area (Å²) in [4.78, 5) is 9.76. The third-order valence-electron chi connectivity index (χ3n) is 4.29. The Bertz CT molecular complexity index is 1150. The molecule has 0 unspecified atom stereocenters. The lowest BCUT2D eigenvalue weighted by Crippen LogP contribution is -1.97. The second-order valence-corrected chi connectivity index (χ2v) is 8.35. The zero-order valence-corrected chi connectivity index (χ0v) is 17.6. The fraction of sp³-hybridized carbons (Fsp3) is 0.100. The lowest BCUT2D eigenvalue weighted by molar-refractivity contribution is 1.23. The summed E-state index contributed by atoms with van der Waals surface area (Å²) < 4.78 is 0. The van der Waals surface area contributed by atoms with Crippen molar-refractivity contribution >= 4 is 67.9 Å². The SMILES string of the molecule is Cc1ccc(-c2csc3ncnc(Nc4c(Cl)cc(Cl)cc4Cl)c23)c(C)c1. The summed E-state index contributed by atoms with van der Waals surface area (Å²) in [5.41, 5.74) is 5.23. The molecule has 3 nitrogen and oxygen atoms in total. The Morgan fingerprint density at radius 3 is 2.37 bits per heavy atom. The maximum Gasteiger partial charge on any atom is 0.143 e. The lowest BCUT2D eigenvalue weighted by Gasteiger charge is -2.13. The van der Waals surface area contributed by atoms with Gasteiger partial charge in [0.15, 0.2) is 0 Å². The average molecular weight is 435 g/mol. The van der Waals surface area contributed by atoms with Gasteiger partial charge in [0.25, 0.3) is 0 Å². The number of benzene rings is 2. The molecule has 0 fully saturated rings. The maximum absolute atomic E-state index is 6.34. The Balaban J connectivity index is 1.89. The third-order valence-corrected chi connectivity index (χ3v) is 5.99. The van der Waals surface area contributed by atoms with E-state index in [0.717, 1.165) is 21.3 Å². The van der Waals surface area contributed by atoms with Crippen molar-refractivity contribution in [1.29, 1.82) is 0 Å². The molecule has 0 amide bonds. The van der Waals surface area contributed by atoms with Crippen LogP contribution in [0.3, 0.4) is 0 Å². The van der Waals surface area contributed by atoms with Crippen LogP contribution in [0.1, 0.15) is 11.1 Å². The number of thiophene rings is 1. The first-order valence-electron chi connectivity index (χ1n) is 8.15. The van der Waals surface area contributed by atoms with Crippen molar-refractivity contribution in [3.05, 3.63) is 68.2 Å². The number of halogens is 3. The normalized spacial score (nSPS) is 11.1. The van der Waals surface area contributed by atoms with Crippen molar-refractivity contribution in [2.45, 2.75) is 13.8 Å². The number of nitrogens with one attached hydrogen (secondary N) is 1. The molecule has 0 bridgehead atoms. The molecule has 0 radical (unpaired) electrons. The zero-order valence-electron chi connectivity index (χ0n) is 14.5. The van der Waals surface area contributed by atoms with Gasteiger partial charge in [-0.2, -0.15) is 0 Å². The Kier molecular flexibility index (Phi) is 4.99. The van der Waals surface area contributed by atoms with Gasteiger partial charge < -0.3 is 5.32 Å². The van der Waals surface area contributed by atoms with Crippen molar-refractivity contribution in [3.63, 3.8) is 0 Å². The van der Waals surface area contributed by atoms with E-state index in [-0.39, 0.29) is 0 Å². The van der Waals surface area contributed by atoms with Crippen LogP contribution < -0.4 is 5.32 Å². The van der Waals surface area contributed by atoms with E-state index in [9.17, 15) is 0 Å². The van der Waals surface area contributed by atoms with Gasteiger partial charge in [-0.1, -0.05) is 58.6 Å². The van der Waals surface area contributed by atoms with E-state index in [4.69, 9.17) is 34.8 Å². The topological polar surface area (TPSA) is 37.8 Å². The van der Waals surface area contributed by atoms with Crippen LogP contribution in [0.5, 0.6) is 0 Å². The number of fused-ring (bicyclic) bond motifs is 1. The van der Waals surface area contributed by atoms with E-state index < -0.39 is 0 Å². The fourth-order valence-electron chi connectivity index (χ4n) is 3.06. The molecule has 0 aliphatic carbocycles. The summed E-state index contributed by atoms with van der Waals surface area (Å²) >= 11 is 20.3. The van der Waals surface area contributed by atoms with Crippen LogP contribution in [-0.2, 0) is 0 Å². The standard InChI is InChI=1S/C20H14Cl3N3S/c1-10-3-4-13(11(2)5-10)14-8-27-20-17(14)19(24-9-25-20)26-18-15(22)6-12(21)7-16(18)23/h3-9H,1-2H3,(H,24,25,26). The summed E-state index contributed by atoms with van der Waals surface area (Å²) in [5, 5.41) is 7.66. The molecule has 0 atom stereocenters. The highest BCUT2D eigenvalue weighted by atomic mass is 35.5. The number of rotatable bonds is 3. The number of aromatic nitrogens is 2. The minimum absolute atomic E-state index is 0.433. The fourth-order valence-corrected chi connectivity index (χ4v) is 4.88. The van der Waals surface area contributed by atoms with E-state index in [0.29, 0.717) is 26.6 Å². The predicted octanol–water partition coefficient (Wildman–Crippen LogP) is 7.68. The van der Waals surface area contributed by atoms with Gasteiger partial charge in [-0.15, -0.1) is 11.3 Å². The largest absolute Gasteiger partial charge is 0.337 e. The highest BCUT2D eigenvalue weighted by molar-refractivity contribution is 7.17. The molecular weight excluding hydrogens is 421 g/mol. The van der Waals surface area contributed by atoms with Crippen LogP contribution in [0.4, 0.5) is 11.5 Å². The molecule has 2 aromatic carbocycles. The number of nitrogens with zero attached hydrogens (tertiary/aromatic N) is 2. The molecule has 0 saturated carbocycles. The summed E-state index contributed by atoms with van der Waals surface area (Å²) in [6, 6.07) is 9.70. The first kappa shape index (κ1) is 18.5. The molecule has 4 aromatic rings. The van der Waals surface area contributed by atoms with Gasteiger partial charge in [0, 0.05) is 16.0 Å². The van der Waals surface area contributed by atoms with Crippen molar-refractivity contribution in [3.8, 4) is 11.1 Å². The summed E-state index contributed by atoms with van der Waals surface area (Å²) in [6.07, 6.45) is 1.53. The number of aryl methyl sites for hydroxylation is 2. The second-order valence-electron chi connectivity index (χ2n) is 6.24. The Morgan fingerprint density at radius 1 is 0.926 bits per heavy atom. The van der Waals surface area contributed by atoms with E-state index in [1.54, 1.807) is 23.5 Å². The molecule has 2 heterocycles. The molecule has 136 valence electrons. The quantitative estimate of drug-likeness (QED) is 0.359. The van der Waals surface area contributed by atoms with Crippen LogP contribution in [0, 0.1) is 13.8 Å². The van der Waals surface area contributed by atoms with Crippen molar-refractivity contribution in [2.24, 2.45) is 0 Å². The first-order valence-corrected chi connectivity index (χ1v) is 10.2. The average Bonchev–Trinajstić information content (AvgIpc) is 3.03. The highest BCUT2D eigenvalue weighted by Gasteiger charge is 2.17. The molecule has 7 heteroatoms. The number of hydrogen-bond acceptors (Lipinski definition) is 4. The van der Waals surface area contributed by atoms with E-state index in [2.05, 4.69) is 52.7 Å². The monoisotopic (exact) mass is 433 g/mol. The van der Waals surface area contributed by atoms with Gasteiger partial charge in [-0.25, -0.2) is 9.97 Å². The lowest BCUT2D eigenvalue weighted by atomic mass is 9.99. The maximum atomic E-state index is 6.34. The molecule has 2 aromatic heterocycles. The van der Waals surface area contributed by atoms with Gasteiger partial charge in [-0.3, -0.25) is 0 Å². The summed E-state index contributed by atoms with van der Waals surface area (Å²) in [5.74, 6) is 0.655. The summed E-state index contributed by atoms with van der Waals surface area (Å²) in [7, 11) is 0. The van der Waals surface area contributed by atoms with Gasteiger partial charge in [0.2, 0.25) is 0 Å². The molecule has 0 aliphatic rings. The summed E-state index contributed by atoms with van der Waals surface area (Å²) in [6.45, 7) is 4.19. The van der Waals surface area contributed by atoms with Gasteiger partial charge in [-0.05, 0) is 37.1 Å². The van der Waals surface area contributed by atoms with E-state index >= 15 is 0 Å². The molecule has 0 aliphatic heterocycles. The molecule has 1 N–H and O–H groups in total.